The predicted octanol–water partition coefficient (Wildman–Crippen LogP) is 2.57. The normalized spacial score (nSPS) is 23.6. The molecule has 2 fully saturated rings. The molecular formula is C21H34ClN3O4S. The number of carbonyl (C=O) groups excluding carboxylic acids is 1. The highest BCUT2D eigenvalue weighted by molar-refractivity contribution is 7.89. The number of carbonyl (C=O) groups is 1. The third-order valence-electron chi connectivity index (χ3n) is 6.35. The van der Waals surface area contributed by atoms with E-state index in [4.69, 9.17) is 4.74 Å². The summed E-state index contributed by atoms with van der Waals surface area (Å²) >= 11 is 0. The van der Waals surface area contributed by atoms with Gasteiger partial charge in [-0.05, 0) is 63.5 Å². The second-order valence-corrected chi connectivity index (χ2v) is 9.89. The van der Waals surface area contributed by atoms with E-state index in [1.807, 2.05) is 11.9 Å². The minimum absolute atomic E-state index is 0. The third-order valence-corrected chi connectivity index (χ3v) is 7.76. The van der Waals surface area contributed by atoms with Gasteiger partial charge < -0.3 is 9.64 Å². The molecule has 9 heteroatoms. The van der Waals surface area contributed by atoms with Crippen molar-refractivity contribution in [2.75, 3.05) is 34.3 Å². The van der Waals surface area contributed by atoms with E-state index in [0.29, 0.717) is 11.6 Å². The van der Waals surface area contributed by atoms with E-state index in [2.05, 4.69) is 9.62 Å². The summed E-state index contributed by atoms with van der Waals surface area (Å²) in [6, 6.07) is 6.98. The first-order valence-corrected chi connectivity index (χ1v) is 11.9. The first kappa shape index (κ1) is 25.1. The molecule has 1 aromatic rings. The zero-order valence-corrected chi connectivity index (χ0v) is 19.7. The van der Waals surface area contributed by atoms with E-state index < -0.39 is 16.1 Å². The van der Waals surface area contributed by atoms with Crippen LogP contribution in [0.3, 0.4) is 0 Å². The number of benzene rings is 1. The van der Waals surface area contributed by atoms with Crippen molar-refractivity contribution in [2.24, 2.45) is 0 Å². The predicted molar refractivity (Wildman–Crippen MR) is 119 cm³/mol. The van der Waals surface area contributed by atoms with Crippen molar-refractivity contribution >= 4 is 28.3 Å². The standard InChI is InChI=1S/C21H33N3O4S.ClH/c1-22-29(26,27)17-10-8-9-16(15-17)20(28-3)21(25)23(2)18-11-4-5-12-19(18)24-13-6-7-14-24;/h8-10,15,18-20,22H,4-7,11-14H2,1-3H3;1H/t18?,19?,20-;/m0./s1. The largest absolute Gasteiger partial charge is 0.367 e. The van der Waals surface area contributed by atoms with Gasteiger partial charge >= 0.3 is 0 Å². The fraction of sp³-hybridized carbons (Fsp3) is 0.667. The van der Waals surface area contributed by atoms with Crippen LogP contribution < -0.4 is 4.72 Å². The average molecular weight is 460 g/mol. The Hall–Kier alpha value is -1.19. The quantitative estimate of drug-likeness (QED) is 0.677. The van der Waals surface area contributed by atoms with Gasteiger partial charge in [-0.1, -0.05) is 25.0 Å². The summed E-state index contributed by atoms with van der Waals surface area (Å²) in [4.78, 5) is 17.9. The molecule has 1 saturated heterocycles. The van der Waals surface area contributed by atoms with Crippen LogP contribution in [-0.2, 0) is 19.6 Å². The fourth-order valence-corrected chi connectivity index (χ4v) is 5.52. The van der Waals surface area contributed by atoms with Crippen molar-refractivity contribution in [1.82, 2.24) is 14.5 Å². The number of amides is 1. The Bertz CT molecular complexity index is 814. The van der Waals surface area contributed by atoms with Gasteiger partial charge in [0.05, 0.1) is 4.90 Å². The number of nitrogens with zero attached hydrogens (tertiary/aromatic N) is 2. The number of nitrogens with one attached hydrogen (secondary N) is 1. The van der Waals surface area contributed by atoms with Gasteiger partial charge in [-0.25, -0.2) is 13.1 Å². The van der Waals surface area contributed by atoms with Crippen molar-refractivity contribution in [1.29, 1.82) is 0 Å². The molecule has 0 spiro atoms. The molecule has 1 saturated carbocycles. The Morgan fingerprint density at radius 1 is 1.20 bits per heavy atom. The minimum Gasteiger partial charge on any atom is -0.367 e. The Morgan fingerprint density at radius 3 is 2.50 bits per heavy atom. The third kappa shape index (κ3) is 5.34. The van der Waals surface area contributed by atoms with Crippen molar-refractivity contribution in [3.63, 3.8) is 0 Å². The van der Waals surface area contributed by atoms with E-state index in [9.17, 15) is 13.2 Å². The number of hydrogen-bond acceptors (Lipinski definition) is 5. The number of sulfonamides is 1. The maximum atomic E-state index is 13.4. The van der Waals surface area contributed by atoms with Gasteiger partial charge in [0.1, 0.15) is 0 Å². The number of hydrogen-bond donors (Lipinski definition) is 1. The molecule has 30 heavy (non-hydrogen) atoms. The number of likely N-dealkylation sites (N-methyl/N-ethyl adjacent to an activating group) is 1. The Labute approximate surface area is 186 Å². The van der Waals surface area contributed by atoms with Crippen molar-refractivity contribution in [3.05, 3.63) is 29.8 Å². The maximum absolute atomic E-state index is 13.4. The van der Waals surface area contributed by atoms with Crippen LogP contribution in [0, 0.1) is 0 Å². The lowest BCUT2D eigenvalue weighted by Crippen LogP contribution is -2.54. The van der Waals surface area contributed by atoms with Gasteiger partial charge in [-0.2, -0.15) is 0 Å². The van der Waals surface area contributed by atoms with Crippen LogP contribution in [0.4, 0.5) is 0 Å². The van der Waals surface area contributed by atoms with Gasteiger partial charge in [-0.3, -0.25) is 9.69 Å². The molecule has 1 aromatic carbocycles. The summed E-state index contributed by atoms with van der Waals surface area (Å²) < 4.78 is 32.2. The Morgan fingerprint density at radius 2 is 1.87 bits per heavy atom. The highest BCUT2D eigenvalue weighted by Crippen LogP contribution is 2.31. The SMILES string of the molecule is CNS(=O)(=O)c1cccc([C@H](OC)C(=O)N(C)C2CCCCC2N2CCCC2)c1.Cl. The second-order valence-electron chi connectivity index (χ2n) is 8.01. The molecule has 170 valence electrons. The highest BCUT2D eigenvalue weighted by atomic mass is 35.5. The van der Waals surface area contributed by atoms with Crippen molar-refractivity contribution in [3.8, 4) is 0 Å². The van der Waals surface area contributed by atoms with E-state index in [1.54, 1.807) is 12.1 Å². The lowest BCUT2D eigenvalue weighted by Gasteiger charge is -2.43. The van der Waals surface area contributed by atoms with Crippen LogP contribution in [-0.4, -0.2) is 70.5 Å². The fourth-order valence-electron chi connectivity index (χ4n) is 4.73. The highest BCUT2D eigenvalue weighted by Gasteiger charge is 2.37. The summed E-state index contributed by atoms with van der Waals surface area (Å²) in [5.74, 6) is -0.123. The molecule has 3 atom stereocenters. The Balaban J connectivity index is 0.00000320. The zero-order valence-electron chi connectivity index (χ0n) is 18.0. The molecular weight excluding hydrogens is 426 g/mol. The topological polar surface area (TPSA) is 78.9 Å². The number of methoxy groups -OCH3 is 1. The van der Waals surface area contributed by atoms with E-state index >= 15 is 0 Å². The van der Waals surface area contributed by atoms with Crippen LogP contribution in [0.1, 0.15) is 50.2 Å². The van der Waals surface area contributed by atoms with Crippen molar-refractivity contribution < 1.29 is 17.9 Å². The van der Waals surface area contributed by atoms with Gasteiger partial charge in [0.25, 0.3) is 5.91 Å². The van der Waals surface area contributed by atoms with Crippen molar-refractivity contribution in [2.45, 2.75) is 61.6 Å². The summed E-state index contributed by atoms with van der Waals surface area (Å²) in [7, 11) is 1.14. The molecule has 2 aliphatic rings. The van der Waals surface area contributed by atoms with Crippen LogP contribution in [0.25, 0.3) is 0 Å². The molecule has 1 aliphatic carbocycles. The lowest BCUT2D eigenvalue weighted by molar-refractivity contribution is -0.145. The molecule has 1 aliphatic heterocycles. The number of halogens is 1. The van der Waals surface area contributed by atoms with E-state index in [-0.39, 0.29) is 29.3 Å². The molecule has 1 heterocycles. The molecule has 7 nitrogen and oxygen atoms in total. The molecule has 0 bridgehead atoms. The first-order valence-electron chi connectivity index (χ1n) is 10.5. The number of likely N-dealkylation sites (tertiary alicyclic amines) is 1. The summed E-state index contributed by atoms with van der Waals surface area (Å²) in [6.45, 7) is 2.22. The molecule has 2 unspecified atom stereocenters. The summed E-state index contributed by atoms with van der Waals surface area (Å²) in [5, 5.41) is 0. The molecule has 1 N–H and O–H groups in total. The first-order chi connectivity index (χ1) is 13.9. The number of rotatable bonds is 7. The van der Waals surface area contributed by atoms with Crippen LogP contribution in [0.2, 0.25) is 0 Å². The van der Waals surface area contributed by atoms with Gasteiger partial charge in [0.2, 0.25) is 10.0 Å². The van der Waals surface area contributed by atoms with Gasteiger partial charge in [-0.15, -0.1) is 12.4 Å². The molecule has 3 rings (SSSR count). The Kier molecular flexibility index (Phi) is 9.12. The molecule has 0 aromatic heterocycles. The minimum atomic E-state index is -3.59. The number of ether oxygens (including phenoxy) is 1. The van der Waals surface area contributed by atoms with Crippen LogP contribution in [0.5, 0.6) is 0 Å². The van der Waals surface area contributed by atoms with E-state index in [1.165, 1.54) is 45.6 Å². The lowest BCUT2D eigenvalue weighted by atomic mass is 9.88. The van der Waals surface area contributed by atoms with Crippen LogP contribution >= 0.6 is 12.4 Å². The monoisotopic (exact) mass is 459 g/mol. The average Bonchev–Trinajstić information content (AvgIpc) is 3.28. The summed E-state index contributed by atoms with van der Waals surface area (Å²) in [5.41, 5.74) is 0.550. The molecule has 1 amide bonds. The maximum Gasteiger partial charge on any atom is 0.256 e. The van der Waals surface area contributed by atoms with Crippen LogP contribution in [0.15, 0.2) is 29.2 Å². The summed E-state index contributed by atoms with van der Waals surface area (Å²) in [6.07, 6.45) is 6.08. The van der Waals surface area contributed by atoms with E-state index in [0.717, 1.165) is 32.4 Å². The van der Waals surface area contributed by atoms with Gasteiger partial charge in [0, 0.05) is 26.2 Å². The second kappa shape index (κ2) is 10.9. The molecule has 0 radical (unpaired) electrons. The van der Waals surface area contributed by atoms with Gasteiger partial charge in [0.15, 0.2) is 6.10 Å². The zero-order chi connectivity index (χ0) is 21.0. The smallest absolute Gasteiger partial charge is 0.256 e.